The summed E-state index contributed by atoms with van der Waals surface area (Å²) in [5, 5.41) is 15.7. The van der Waals surface area contributed by atoms with E-state index in [1.165, 1.54) is 0 Å². The van der Waals surface area contributed by atoms with Gasteiger partial charge >= 0.3 is 5.00 Å². The highest BCUT2D eigenvalue weighted by Crippen LogP contribution is 2.22. The lowest BCUT2D eigenvalue weighted by molar-refractivity contribution is -0.380. The molecule has 1 rings (SSSR count). The van der Waals surface area contributed by atoms with E-state index in [9.17, 15) is 10.1 Å². The number of hydrogen-bond donors (Lipinski definition) is 1. The molecule has 0 aliphatic heterocycles. The minimum atomic E-state index is -0.368. The van der Waals surface area contributed by atoms with E-state index < -0.39 is 0 Å². The van der Waals surface area contributed by atoms with Crippen LogP contribution in [0.15, 0.2) is 11.4 Å². The van der Waals surface area contributed by atoms with Crippen molar-refractivity contribution in [2.45, 2.75) is 26.0 Å². The third-order valence-electron chi connectivity index (χ3n) is 2.25. The van der Waals surface area contributed by atoms with Crippen LogP contribution in [0.1, 0.15) is 19.4 Å². The summed E-state index contributed by atoms with van der Waals surface area (Å²) >= 11 is 1.15. The lowest BCUT2D eigenvalue weighted by Crippen LogP contribution is -2.36. The van der Waals surface area contributed by atoms with Crippen molar-refractivity contribution in [3.63, 3.8) is 0 Å². The standard InChI is InChI=1S/C10H16N2O3S/c1-10(2,15-3)7-11-5-8-4-9(12(13)14)16-6-8/h4,6,11H,5,7H2,1-3H3. The molecule has 0 aliphatic rings. The Hall–Kier alpha value is -0.980. The van der Waals surface area contributed by atoms with Gasteiger partial charge < -0.3 is 10.1 Å². The number of nitro groups is 1. The van der Waals surface area contributed by atoms with Crippen molar-refractivity contribution in [3.05, 3.63) is 27.1 Å². The van der Waals surface area contributed by atoms with Gasteiger partial charge in [0.25, 0.3) is 0 Å². The van der Waals surface area contributed by atoms with Gasteiger partial charge in [0.15, 0.2) is 0 Å². The van der Waals surface area contributed by atoms with Crippen LogP contribution in [0.25, 0.3) is 0 Å². The summed E-state index contributed by atoms with van der Waals surface area (Å²) in [6.07, 6.45) is 0. The summed E-state index contributed by atoms with van der Waals surface area (Å²) in [6.45, 7) is 5.29. The predicted molar refractivity (Wildman–Crippen MR) is 63.8 cm³/mol. The van der Waals surface area contributed by atoms with Gasteiger partial charge in [-0.05, 0) is 19.4 Å². The van der Waals surface area contributed by atoms with Gasteiger partial charge in [0.1, 0.15) is 0 Å². The van der Waals surface area contributed by atoms with Gasteiger partial charge in [-0.1, -0.05) is 11.3 Å². The normalized spacial score (nSPS) is 11.7. The number of hydrogen-bond acceptors (Lipinski definition) is 5. The minimum absolute atomic E-state index is 0.183. The SMILES string of the molecule is COC(C)(C)CNCc1csc([N+](=O)[O-])c1. The first-order valence-electron chi connectivity index (χ1n) is 4.92. The number of thiophene rings is 1. The topological polar surface area (TPSA) is 64.4 Å². The van der Waals surface area contributed by atoms with Crippen molar-refractivity contribution < 1.29 is 9.66 Å². The Labute approximate surface area is 98.6 Å². The zero-order chi connectivity index (χ0) is 12.2. The molecule has 0 amide bonds. The largest absolute Gasteiger partial charge is 0.377 e. The molecule has 5 nitrogen and oxygen atoms in total. The van der Waals surface area contributed by atoms with Crippen LogP contribution in [0.3, 0.4) is 0 Å². The van der Waals surface area contributed by atoms with Crippen LogP contribution in [-0.2, 0) is 11.3 Å². The van der Waals surface area contributed by atoms with Crippen molar-refractivity contribution in [1.82, 2.24) is 5.32 Å². The summed E-state index contributed by atoms with van der Waals surface area (Å²) in [7, 11) is 1.66. The fourth-order valence-corrected chi connectivity index (χ4v) is 1.86. The van der Waals surface area contributed by atoms with E-state index in [4.69, 9.17) is 4.74 Å². The maximum absolute atomic E-state index is 10.5. The van der Waals surface area contributed by atoms with E-state index in [1.807, 2.05) is 13.8 Å². The second-order valence-electron chi connectivity index (χ2n) is 4.12. The zero-order valence-electron chi connectivity index (χ0n) is 9.65. The lowest BCUT2D eigenvalue weighted by Gasteiger charge is -2.22. The van der Waals surface area contributed by atoms with Gasteiger partial charge in [-0.15, -0.1) is 0 Å². The molecule has 0 saturated carbocycles. The Morgan fingerprint density at radius 1 is 1.62 bits per heavy atom. The van der Waals surface area contributed by atoms with Crippen LogP contribution < -0.4 is 5.32 Å². The molecule has 0 saturated heterocycles. The van der Waals surface area contributed by atoms with E-state index in [2.05, 4.69) is 5.32 Å². The van der Waals surface area contributed by atoms with Crippen LogP contribution in [0.2, 0.25) is 0 Å². The molecule has 0 bridgehead atoms. The average Bonchev–Trinajstić information content (AvgIpc) is 2.66. The molecule has 1 aromatic heterocycles. The molecule has 0 spiro atoms. The first-order chi connectivity index (χ1) is 7.44. The van der Waals surface area contributed by atoms with Crippen molar-refractivity contribution in [1.29, 1.82) is 0 Å². The van der Waals surface area contributed by atoms with Gasteiger partial charge in [0, 0.05) is 31.6 Å². The second-order valence-corrected chi connectivity index (χ2v) is 5.01. The first kappa shape index (κ1) is 13.1. The molecule has 1 N–H and O–H groups in total. The Morgan fingerprint density at radius 2 is 2.31 bits per heavy atom. The summed E-state index contributed by atoms with van der Waals surface area (Å²) < 4.78 is 5.25. The highest BCUT2D eigenvalue weighted by molar-refractivity contribution is 7.13. The Bertz CT molecular complexity index is 363. The van der Waals surface area contributed by atoms with Crippen LogP contribution in [0, 0.1) is 10.1 Å². The highest BCUT2D eigenvalue weighted by atomic mass is 32.1. The number of nitrogens with zero attached hydrogens (tertiary/aromatic N) is 1. The quantitative estimate of drug-likeness (QED) is 0.615. The maximum atomic E-state index is 10.5. The van der Waals surface area contributed by atoms with E-state index in [1.54, 1.807) is 18.6 Å². The summed E-state index contributed by atoms with van der Waals surface area (Å²) in [6, 6.07) is 1.59. The summed E-state index contributed by atoms with van der Waals surface area (Å²) in [5.74, 6) is 0. The fraction of sp³-hybridized carbons (Fsp3) is 0.600. The first-order valence-corrected chi connectivity index (χ1v) is 5.80. The Kier molecular flexibility index (Phi) is 4.40. The second kappa shape index (κ2) is 5.38. The third-order valence-corrected chi connectivity index (χ3v) is 3.18. The molecule has 0 unspecified atom stereocenters. The molecule has 1 heterocycles. The summed E-state index contributed by atoms with van der Waals surface area (Å²) in [5.41, 5.74) is 0.714. The average molecular weight is 244 g/mol. The number of ether oxygens (including phenoxy) is 1. The zero-order valence-corrected chi connectivity index (χ0v) is 10.5. The van der Waals surface area contributed by atoms with Crippen molar-refractivity contribution >= 4 is 16.3 Å². The number of rotatable bonds is 6. The molecule has 0 fully saturated rings. The van der Waals surface area contributed by atoms with Gasteiger partial charge in [0.2, 0.25) is 0 Å². The molecule has 0 aromatic carbocycles. The molecular formula is C10H16N2O3S. The predicted octanol–water partition coefficient (Wildman–Crippen LogP) is 2.17. The number of nitrogens with one attached hydrogen (secondary N) is 1. The van der Waals surface area contributed by atoms with E-state index in [-0.39, 0.29) is 15.5 Å². The van der Waals surface area contributed by atoms with Crippen molar-refractivity contribution in [2.24, 2.45) is 0 Å². The van der Waals surface area contributed by atoms with Crippen molar-refractivity contribution in [2.75, 3.05) is 13.7 Å². The maximum Gasteiger partial charge on any atom is 0.324 e. The summed E-state index contributed by atoms with van der Waals surface area (Å²) in [4.78, 5) is 10.1. The Morgan fingerprint density at radius 3 is 2.81 bits per heavy atom. The van der Waals surface area contributed by atoms with Crippen molar-refractivity contribution in [3.8, 4) is 0 Å². The molecule has 6 heteroatoms. The van der Waals surface area contributed by atoms with Crippen LogP contribution in [0.4, 0.5) is 5.00 Å². The molecule has 0 radical (unpaired) electrons. The van der Waals surface area contributed by atoms with E-state index >= 15 is 0 Å². The molecule has 0 aliphatic carbocycles. The molecule has 1 aromatic rings. The monoisotopic (exact) mass is 244 g/mol. The van der Waals surface area contributed by atoms with Gasteiger partial charge in [0.05, 0.1) is 10.5 Å². The highest BCUT2D eigenvalue weighted by Gasteiger charge is 2.15. The fourth-order valence-electron chi connectivity index (χ4n) is 1.13. The molecule has 0 atom stereocenters. The number of methoxy groups -OCH3 is 1. The molecule has 16 heavy (non-hydrogen) atoms. The van der Waals surface area contributed by atoms with E-state index in [0.29, 0.717) is 13.1 Å². The van der Waals surface area contributed by atoms with Gasteiger partial charge in [-0.25, -0.2) is 0 Å². The smallest absolute Gasteiger partial charge is 0.324 e. The van der Waals surface area contributed by atoms with E-state index in [0.717, 1.165) is 16.9 Å². The molecular weight excluding hydrogens is 228 g/mol. The van der Waals surface area contributed by atoms with Crippen LogP contribution in [-0.4, -0.2) is 24.2 Å². The Balaban J connectivity index is 2.40. The van der Waals surface area contributed by atoms with Crippen LogP contribution >= 0.6 is 11.3 Å². The minimum Gasteiger partial charge on any atom is -0.377 e. The third kappa shape index (κ3) is 3.88. The molecule has 90 valence electrons. The lowest BCUT2D eigenvalue weighted by atomic mass is 10.1. The van der Waals surface area contributed by atoms with Crippen LogP contribution in [0.5, 0.6) is 0 Å². The van der Waals surface area contributed by atoms with Gasteiger partial charge in [-0.3, -0.25) is 10.1 Å². The van der Waals surface area contributed by atoms with Gasteiger partial charge in [-0.2, -0.15) is 0 Å².